The molecule has 0 aliphatic carbocycles. The van der Waals surface area contributed by atoms with Gasteiger partial charge in [0.15, 0.2) is 5.96 Å². The molecule has 1 saturated heterocycles. The Hall–Kier alpha value is -0.730. The van der Waals surface area contributed by atoms with Crippen LogP contribution in [0.5, 0.6) is 0 Å². The average molecular weight is 426 g/mol. The monoisotopic (exact) mass is 426 g/mol. The number of alkyl carbamates (subject to hydrolysis) is 1. The quantitative estimate of drug-likeness (QED) is 0.314. The molecule has 0 aromatic rings. The fraction of sp³-hybridized carbons (Fsp3) is 0.867. The molecule has 0 bridgehead atoms. The van der Waals surface area contributed by atoms with Crippen LogP contribution in [0, 0.1) is 5.92 Å². The van der Waals surface area contributed by atoms with Gasteiger partial charge in [0.1, 0.15) is 5.60 Å². The summed E-state index contributed by atoms with van der Waals surface area (Å²) in [4.78, 5) is 18.0. The Morgan fingerprint density at radius 1 is 1.45 bits per heavy atom. The van der Waals surface area contributed by atoms with Crippen LogP contribution in [0.2, 0.25) is 0 Å². The van der Waals surface area contributed by atoms with E-state index >= 15 is 0 Å². The highest BCUT2D eigenvalue weighted by Crippen LogP contribution is 2.14. The predicted molar refractivity (Wildman–Crippen MR) is 101 cm³/mol. The number of nitrogens with one attached hydrogen (secondary N) is 1. The molecule has 6 nitrogen and oxygen atoms in total. The summed E-state index contributed by atoms with van der Waals surface area (Å²) in [5.41, 5.74) is 5.54. The summed E-state index contributed by atoms with van der Waals surface area (Å²) in [5, 5.41) is 2.71. The average Bonchev–Trinajstić information content (AvgIpc) is 2.36. The lowest BCUT2D eigenvalue weighted by molar-refractivity contribution is 0.0527. The van der Waals surface area contributed by atoms with E-state index in [1.54, 1.807) is 0 Å². The number of nitrogens with two attached hydrogens (primary N) is 1. The molecule has 1 unspecified atom stereocenters. The zero-order valence-corrected chi connectivity index (χ0v) is 16.6. The van der Waals surface area contributed by atoms with Gasteiger partial charge in [0.05, 0.1) is 0 Å². The number of nitrogens with zero attached hydrogens (tertiary/aromatic N) is 2. The van der Waals surface area contributed by atoms with Crippen LogP contribution < -0.4 is 11.1 Å². The van der Waals surface area contributed by atoms with Gasteiger partial charge in [-0.25, -0.2) is 4.79 Å². The summed E-state index contributed by atoms with van der Waals surface area (Å²) in [5.74, 6) is 1.31. The van der Waals surface area contributed by atoms with Crippen LogP contribution in [0.3, 0.4) is 0 Å². The lowest BCUT2D eigenvalue weighted by Crippen LogP contribution is -2.43. The Morgan fingerprint density at radius 3 is 2.73 bits per heavy atom. The van der Waals surface area contributed by atoms with Crippen molar-refractivity contribution in [3.05, 3.63) is 0 Å². The normalized spacial score (nSPS) is 19.4. The van der Waals surface area contributed by atoms with Gasteiger partial charge in [-0.1, -0.05) is 6.92 Å². The van der Waals surface area contributed by atoms with E-state index in [2.05, 4.69) is 22.1 Å². The second-order valence-corrected chi connectivity index (χ2v) is 6.72. The number of aliphatic imine (C=N–C) groups is 1. The lowest BCUT2D eigenvalue weighted by atomic mass is 10.0. The molecule has 1 atom stereocenters. The maximum Gasteiger partial charge on any atom is 0.407 e. The number of rotatable bonds is 4. The molecule has 130 valence electrons. The Bertz CT molecular complexity index is 369. The molecular formula is C15H31IN4O2. The Balaban J connectivity index is 0.00000441. The molecule has 1 heterocycles. The molecule has 0 aromatic heterocycles. The summed E-state index contributed by atoms with van der Waals surface area (Å²) in [7, 11) is 0. The number of amides is 1. The van der Waals surface area contributed by atoms with Gasteiger partial charge >= 0.3 is 6.09 Å². The van der Waals surface area contributed by atoms with Crippen molar-refractivity contribution in [1.29, 1.82) is 0 Å². The third-order valence-corrected chi connectivity index (χ3v) is 3.26. The molecular weight excluding hydrogens is 395 g/mol. The summed E-state index contributed by atoms with van der Waals surface area (Å²) in [6.07, 6.45) is 2.81. The van der Waals surface area contributed by atoms with Crippen LogP contribution in [0.4, 0.5) is 4.79 Å². The largest absolute Gasteiger partial charge is 0.444 e. The molecule has 1 aliphatic heterocycles. The molecule has 1 rings (SSSR count). The van der Waals surface area contributed by atoms with Crippen molar-refractivity contribution in [1.82, 2.24) is 10.2 Å². The van der Waals surface area contributed by atoms with Crippen molar-refractivity contribution in [2.24, 2.45) is 16.6 Å². The maximum absolute atomic E-state index is 11.4. The van der Waals surface area contributed by atoms with E-state index in [1.807, 2.05) is 20.8 Å². The first-order chi connectivity index (χ1) is 9.78. The summed E-state index contributed by atoms with van der Waals surface area (Å²) >= 11 is 0. The Morgan fingerprint density at radius 2 is 2.14 bits per heavy atom. The minimum atomic E-state index is -0.461. The smallest absolute Gasteiger partial charge is 0.407 e. The van der Waals surface area contributed by atoms with E-state index in [0.29, 0.717) is 25.0 Å². The highest BCUT2D eigenvalue weighted by atomic mass is 127. The second-order valence-electron chi connectivity index (χ2n) is 6.72. The number of guanidine groups is 1. The van der Waals surface area contributed by atoms with Gasteiger partial charge in [-0.05, 0) is 46.0 Å². The van der Waals surface area contributed by atoms with Crippen LogP contribution in [0.15, 0.2) is 4.99 Å². The number of carbonyl (C=O) groups excluding carboxylic acids is 1. The summed E-state index contributed by atoms with van der Waals surface area (Å²) in [6.45, 7) is 10.9. The molecule has 0 spiro atoms. The van der Waals surface area contributed by atoms with Crippen LogP contribution >= 0.6 is 24.0 Å². The molecule has 1 fully saturated rings. The predicted octanol–water partition coefficient (Wildman–Crippen LogP) is 2.57. The molecule has 1 aliphatic rings. The molecule has 0 aromatic carbocycles. The van der Waals surface area contributed by atoms with E-state index in [1.165, 1.54) is 12.8 Å². The number of carbonyl (C=O) groups is 1. The second kappa shape index (κ2) is 10.1. The van der Waals surface area contributed by atoms with Gasteiger partial charge in [0.25, 0.3) is 0 Å². The van der Waals surface area contributed by atoms with Gasteiger partial charge in [-0.15, -0.1) is 24.0 Å². The van der Waals surface area contributed by atoms with Crippen molar-refractivity contribution in [2.45, 2.75) is 52.6 Å². The number of hydrogen-bond donors (Lipinski definition) is 2. The standard InChI is InChI=1S/C15H30N4O2.HI/c1-12-7-5-10-19(11-12)13(16)17-8-6-9-18-14(20)21-15(2,3)4;/h12H,5-11H2,1-4H3,(H2,16,17)(H,18,20);1H. The number of piperidine rings is 1. The van der Waals surface area contributed by atoms with Gasteiger partial charge in [0, 0.05) is 26.2 Å². The van der Waals surface area contributed by atoms with Crippen LogP contribution in [-0.2, 0) is 4.74 Å². The minimum absolute atomic E-state index is 0. The van der Waals surface area contributed by atoms with Gasteiger partial charge in [-0.3, -0.25) is 4.99 Å². The third kappa shape index (κ3) is 9.32. The van der Waals surface area contributed by atoms with Crippen LogP contribution in [0.1, 0.15) is 47.0 Å². The van der Waals surface area contributed by atoms with Gasteiger partial charge in [-0.2, -0.15) is 0 Å². The molecule has 7 heteroatoms. The van der Waals surface area contributed by atoms with Crippen molar-refractivity contribution in [3.63, 3.8) is 0 Å². The van der Waals surface area contributed by atoms with E-state index < -0.39 is 5.60 Å². The maximum atomic E-state index is 11.4. The fourth-order valence-corrected chi connectivity index (χ4v) is 2.27. The van der Waals surface area contributed by atoms with E-state index in [4.69, 9.17) is 10.5 Å². The van der Waals surface area contributed by atoms with Crippen molar-refractivity contribution in [3.8, 4) is 0 Å². The van der Waals surface area contributed by atoms with Crippen LogP contribution in [-0.4, -0.2) is 48.7 Å². The molecule has 22 heavy (non-hydrogen) atoms. The van der Waals surface area contributed by atoms with Gasteiger partial charge < -0.3 is 20.7 Å². The Kier molecular flexibility index (Phi) is 9.79. The number of likely N-dealkylation sites (tertiary alicyclic amines) is 1. The fourth-order valence-electron chi connectivity index (χ4n) is 2.27. The van der Waals surface area contributed by atoms with Crippen molar-refractivity contribution in [2.75, 3.05) is 26.2 Å². The SMILES string of the molecule is CC1CCCN(C(N)=NCCCNC(=O)OC(C)(C)C)C1.I. The lowest BCUT2D eigenvalue weighted by Gasteiger charge is -2.31. The van der Waals surface area contributed by atoms with E-state index in [0.717, 1.165) is 19.5 Å². The summed E-state index contributed by atoms with van der Waals surface area (Å²) < 4.78 is 5.15. The number of halogens is 1. The zero-order chi connectivity index (χ0) is 15.9. The van der Waals surface area contributed by atoms with Gasteiger partial charge in [0.2, 0.25) is 0 Å². The van der Waals surface area contributed by atoms with Crippen LogP contribution in [0.25, 0.3) is 0 Å². The van der Waals surface area contributed by atoms with Crippen molar-refractivity contribution < 1.29 is 9.53 Å². The highest BCUT2D eigenvalue weighted by Gasteiger charge is 2.17. The van der Waals surface area contributed by atoms with E-state index in [-0.39, 0.29) is 30.1 Å². The summed E-state index contributed by atoms with van der Waals surface area (Å²) in [6, 6.07) is 0. The molecule has 1 amide bonds. The number of ether oxygens (including phenoxy) is 1. The van der Waals surface area contributed by atoms with Crippen molar-refractivity contribution >= 4 is 36.0 Å². The minimum Gasteiger partial charge on any atom is -0.444 e. The third-order valence-electron chi connectivity index (χ3n) is 3.26. The highest BCUT2D eigenvalue weighted by molar-refractivity contribution is 14.0. The number of hydrogen-bond acceptors (Lipinski definition) is 3. The Labute approximate surface area is 151 Å². The zero-order valence-electron chi connectivity index (χ0n) is 14.2. The molecule has 3 N–H and O–H groups in total. The first-order valence-corrected chi connectivity index (χ1v) is 7.79. The topological polar surface area (TPSA) is 80.0 Å². The molecule has 0 saturated carbocycles. The van der Waals surface area contributed by atoms with E-state index in [9.17, 15) is 4.79 Å². The molecule has 0 radical (unpaired) electrons. The first-order valence-electron chi connectivity index (χ1n) is 7.79. The first kappa shape index (κ1) is 21.3.